The maximum absolute atomic E-state index is 11.9. The van der Waals surface area contributed by atoms with Crippen molar-refractivity contribution in [2.24, 2.45) is 0 Å². The number of urea groups is 1. The zero-order chi connectivity index (χ0) is 13.3. The summed E-state index contributed by atoms with van der Waals surface area (Å²) in [5.74, 6) is -0.264. The summed E-state index contributed by atoms with van der Waals surface area (Å²) in [4.78, 5) is 38.3. The van der Waals surface area contributed by atoms with Gasteiger partial charge in [0.1, 0.15) is 6.04 Å². The first-order valence-corrected chi connectivity index (χ1v) is 6.11. The van der Waals surface area contributed by atoms with Crippen LogP contribution in [0.1, 0.15) is 13.8 Å². The number of nitrogens with one attached hydrogen (secondary N) is 2. The Balaban J connectivity index is 2.02. The molecule has 0 aliphatic carbocycles. The van der Waals surface area contributed by atoms with Crippen LogP contribution in [0.2, 0.25) is 0 Å². The van der Waals surface area contributed by atoms with Gasteiger partial charge < -0.3 is 20.4 Å². The zero-order valence-electron chi connectivity index (χ0n) is 10.6. The lowest BCUT2D eigenvalue weighted by Gasteiger charge is -2.42. The fraction of sp³-hybridized carbons (Fsp3) is 0.727. The van der Waals surface area contributed by atoms with Crippen LogP contribution < -0.4 is 10.6 Å². The Hall–Kier alpha value is -1.79. The van der Waals surface area contributed by atoms with Crippen LogP contribution in [0.3, 0.4) is 0 Å². The number of amides is 4. The van der Waals surface area contributed by atoms with Crippen LogP contribution >= 0.6 is 0 Å². The van der Waals surface area contributed by atoms with Gasteiger partial charge >= 0.3 is 6.03 Å². The van der Waals surface area contributed by atoms with Gasteiger partial charge in [-0.15, -0.1) is 0 Å². The van der Waals surface area contributed by atoms with E-state index < -0.39 is 6.04 Å². The van der Waals surface area contributed by atoms with Crippen LogP contribution in [0.5, 0.6) is 0 Å². The molecule has 2 saturated heterocycles. The van der Waals surface area contributed by atoms with E-state index in [0.29, 0.717) is 13.1 Å². The fourth-order valence-corrected chi connectivity index (χ4v) is 2.21. The molecule has 0 radical (unpaired) electrons. The van der Waals surface area contributed by atoms with Crippen molar-refractivity contribution in [2.75, 3.05) is 26.2 Å². The SMILES string of the molecule is CC(C)NC(=O)N1CCN2C(=O)CNC(=O)[C@@H]2C1. The Morgan fingerprint density at radius 1 is 1.39 bits per heavy atom. The maximum atomic E-state index is 11.9. The van der Waals surface area contributed by atoms with E-state index >= 15 is 0 Å². The first-order chi connectivity index (χ1) is 8.49. The molecule has 2 aliphatic rings. The van der Waals surface area contributed by atoms with Gasteiger partial charge in [-0.25, -0.2) is 4.79 Å². The summed E-state index contributed by atoms with van der Waals surface area (Å²) in [5.41, 5.74) is 0. The monoisotopic (exact) mass is 254 g/mol. The van der Waals surface area contributed by atoms with Crippen LogP contribution in [-0.2, 0) is 9.59 Å². The lowest BCUT2D eigenvalue weighted by molar-refractivity contribution is -0.148. The second-order valence-electron chi connectivity index (χ2n) is 4.87. The van der Waals surface area contributed by atoms with E-state index in [0.717, 1.165) is 0 Å². The smallest absolute Gasteiger partial charge is 0.317 e. The largest absolute Gasteiger partial charge is 0.345 e. The maximum Gasteiger partial charge on any atom is 0.317 e. The average Bonchev–Trinajstić information content (AvgIpc) is 2.33. The average molecular weight is 254 g/mol. The molecule has 2 aliphatic heterocycles. The minimum Gasteiger partial charge on any atom is -0.345 e. The number of carbonyl (C=O) groups excluding carboxylic acids is 3. The van der Waals surface area contributed by atoms with Crippen molar-refractivity contribution in [3.05, 3.63) is 0 Å². The number of carbonyl (C=O) groups is 3. The fourth-order valence-electron chi connectivity index (χ4n) is 2.21. The summed E-state index contributed by atoms with van der Waals surface area (Å²) >= 11 is 0. The molecule has 0 bridgehead atoms. The summed E-state index contributed by atoms with van der Waals surface area (Å²) in [6.07, 6.45) is 0. The Morgan fingerprint density at radius 3 is 2.78 bits per heavy atom. The minimum absolute atomic E-state index is 0.0531. The summed E-state index contributed by atoms with van der Waals surface area (Å²) in [5, 5.41) is 5.33. The molecule has 2 fully saturated rings. The van der Waals surface area contributed by atoms with E-state index in [-0.39, 0.29) is 37.0 Å². The van der Waals surface area contributed by atoms with Gasteiger partial charge in [0.05, 0.1) is 13.1 Å². The molecule has 0 saturated carbocycles. The van der Waals surface area contributed by atoms with Crippen LogP contribution in [0, 0.1) is 0 Å². The van der Waals surface area contributed by atoms with Crippen molar-refractivity contribution in [3.8, 4) is 0 Å². The highest BCUT2D eigenvalue weighted by Gasteiger charge is 2.39. The second kappa shape index (κ2) is 4.83. The van der Waals surface area contributed by atoms with E-state index in [1.807, 2.05) is 13.8 Å². The first-order valence-electron chi connectivity index (χ1n) is 6.11. The number of nitrogens with zero attached hydrogens (tertiary/aromatic N) is 2. The third-order valence-electron chi connectivity index (χ3n) is 3.12. The van der Waals surface area contributed by atoms with Crippen molar-refractivity contribution >= 4 is 17.8 Å². The number of fused-ring (bicyclic) bond motifs is 1. The number of piperazine rings is 2. The molecule has 7 heteroatoms. The molecule has 2 rings (SSSR count). The Bertz CT molecular complexity index is 382. The molecule has 1 atom stereocenters. The van der Waals surface area contributed by atoms with Gasteiger partial charge in [0, 0.05) is 19.1 Å². The molecule has 4 amide bonds. The zero-order valence-corrected chi connectivity index (χ0v) is 10.6. The van der Waals surface area contributed by atoms with E-state index in [1.165, 1.54) is 0 Å². The summed E-state index contributed by atoms with van der Waals surface area (Å²) in [6, 6.07) is -0.675. The number of rotatable bonds is 1. The molecule has 100 valence electrons. The molecule has 2 heterocycles. The number of hydrogen-bond acceptors (Lipinski definition) is 3. The predicted octanol–water partition coefficient (Wildman–Crippen LogP) is -1.25. The molecule has 2 N–H and O–H groups in total. The van der Waals surface area contributed by atoms with Gasteiger partial charge in [-0.05, 0) is 13.8 Å². The lowest BCUT2D eigenvalue weighted by atomic mass is 10.1. The molecule has 0 aromatic heterocycles. The molecule has 0 aromatic carbocycles. The second-order valence-corrected chi connectivity index (χ2v) is 4.87. The minimum atomic E-state index is -0.544. The van der Waals surface area contributed by atoms with Crippen LogP contribution in [0.25, 0.3) is 0 Å². The van der Waals surface area contributed by atoms with Crippen molar-refractivity contribution in [1.29, 1.82) is 0 Å². The quantitative estimate of drug-likeness (QED) is 0.613. The van der Waals surface area contributed by atoms with Crippen LogP contribution in [0.15, 0.2) is 0 Å². The number of hydrogen-bond donors (Lipinski definition) is 2. The summed E-state index contributed by atoms with van der Waals surface area (Å²) < 4.78 is 0. The van der Waals surface area contributed by atoms with E-state index in [1.54, 1.807) is 9.80 Å². The van der Waals surface area contributed by atoms with Gasteiger partial charge in [0.25, 0.3) is 0 Å². The van der Waals surface area contributed by atoms with Crippen LogP contribution in [0.4, 0.5) is 4.79 Å². The topological polar surface area (TPSA) is 81.8 Å². The Morgan fingerprint density at radius 2 is 2.11 bits per heavy atom. The van der Waals surface area contributed by atoms with Gasteiger partial charge in [-0.3, -0.25) is 9.59 Å². The lowest BCUT2D eigenvalue weighted by Crippen LogP contribution is -2.67. The Kier molecular flexibility index (Phi) is 3.40. The molecule has 0 unspecified atom stereocenters. The van der Waals surface area contributed by atoms with Crippen molar-refractivity contribution in [2.45, 2.75) is 25.9 Å². The van der Waals surface area contributed by atoms with Crippen molar-refractivity contribution < 1.29 is 14.4 Å². The molecule has 0 spiro atoms. The summed E-state index contributed by atoms with van der Waals surface area (Å²) in [6.45, 7) is 4.97. The highest BCUT2D eigenvalue weighted by atomic mass is 16.2. The van der Waals surface area contributed by atoms with Crippen LogP contribution in [-0.4, -0.2) is 65.9 Å². The normalized spacial score (nSPS) is 23.8. The third-order valence-corrected chi connectivity index (χ3v) is 3.12. The van der Waals surface area contributed by atoms with Crippen molar-refractivity contribution in [3.63, 3.8) is 0 Å². The van der Waals surface area contributed by atoms with Crippen molar-refractivity contribution in [1.82, 2.24) is 20.4 Å². The first kappa shape index (κ1) is 12.7. The molecule has 7 nitrogen and oxygen atoms in total. The molecule has 18 heavy (non-hydrogen) atoms. The van der Waals surface area contributed by atoms with Gasteiger partial charge in [-0.1, -0.05) is 0 Å². The molecular weight excluding hydrogens is 236 g/mol. The standard InChI is InChI=1S/C11H18N4O3/c1-7(2)13-11(18)14-3-4-15-8(6-14)10(17)12-5-9(15)16/h7-8H,3-6H2,1-2H3,(H,12,17)(H,13,18)/t8-/m0/s1. The van der Waals surface area contributed by atoms with Gasteiger partial charge in [-0.2, -0.15) is 0 Å². The predicted molar refractivity (Wildman–Crippen MR) is 63.8 cm³/mol. The molecular formula is C11H18N4O3. The van der Waals surface area contributed by atoms with E-state index in [4.69, 9.17) is 0 Å². The third kappa shape index (κ3) is 2.39. The Labute approximate surface area is 105 Å². The van der Waals surface area contributed by atoms with Gasteiger partial charge in [0.2, 0.25) is 11.8 Å². The summed E-state index contributed by atoms with van der Waals surface area (Å²) in [7, 11) is 0. The van der Waals surface area contributed by atoms with Gasteiger partial charge in [0.15, 0.2) is 0 Å². The van der Waals surface area contributed by atoms with E-state index in [9.17, 15) is 14.4 Å². The van der Waals surface area contributed by atoms with E-state index in [2.05, 4.69) is 10.6 Å². The molecule has 0 aromatic rings. The highest BCUT2D eigenvalue weighted by molar-refractivity contribution is 5.95. The highest BCUT2D eigenvalue weighted by Crippen LogP contribution is 2.13.